The van der Waals surface area contributed by atoms with Crippen molar-refractivity contribution >= 4 is 11.9 Å². The van der Waals surface area contributed by atoms with Gasteiger partial charge in [-0.3, -0.25) is 9.59 Å². The largest absolute Gasteiger partial charge is 0.481 e. The third-order valence-electron chi connectivity index (χ3n) is 4.00. The second-order valence-electron chi connectivity index (χ2n) is 5.49. The smallest absolute Gasteiger partial charge is 0.307 e. The summed E-state index contributed by atoms with van der Waals surface area (Å²) in [6.45, 7) is 0.386. The number of nitriles is 1. The number of carbonyl (C=O) groups is 2. The number of nitrogens with zero attached hydrogens (tertiary/aromatic N) is 2. The van der Waals surface area contributed by atoms with Crippen LogP contribution in [0.2, 0.25) is 0 Å². The molecule has 110 valence electrons. The number of hydrogen-bond acceptors (Lipinski definition) is 3. The number of benzene rings is 1. The minimum absolute atomic E-state index is 0.123. The highest BCUT2D eigenvalue weighted by molar-refractivity contribution is 5.85. The molecule has 21 heavy (non-hydrogen) atoms. The maximum Gasteiger partial charge on any atom is 0.307 e. The summed E-state index contributed by atoms with van der Waals surface area (Å²) in [7, 11) is 1.68. The SMILES string of the molecule is CN(Cc1cccc(C#N)c1)C(=O)[C@@H]1CCC[C@@H]1C(=O)O. The Labute approximate surface area is 123 Å². The van der Waals surface area contributed by atoms with Gasteiger partial charge in [-0.2, -0.15) is 5.26 Å². The molecule has 2 rings (SSSR count). The number of amides is 1. The average molecular weight is 286 g/mol. The van der Waals surface area contributed by atoms with Crippen molar-refractivity contribution in [2.45, 2.75) is 25.8 Å². The lowest BCUT2D eigenvalue weighted by atomic mass is 9.94. The van der Waals surface area contributed by atoms with Crippen LogP contribution in [-0.2, 0) is 16.1 Å². The maximum atomic E-state index is 12.4. The van der Waals surface area contributed by atoms with Crippen molar-refractivity contribution in [2.75, 3.05) is 7.05 Å². The fourth-order valence-corrected chi connectivity index (χ4v) is 2.93. The Kier molecular flexibility index (Phi) is 4.59. The molecule has 0 spiro atoms. The summed E-state index contributed by atoms with van der Waals surface area (Å²) in [6, 6.07) is 9.15. The molecule has 1 aromatic rings. The van der Waals surface area contributed by atoms with Gasteiger partial charge in [-0.05, 0) is 30.5 Å². The van der Waals surface area contributed by atoms with Crippen LogP contribution in [0.1, 0.15) is 30.4 Å². The van der Waals surface area contributed by atoms with Crippen LogP contribution in [-0.4, -0.2) is 28.9 Å². The lowest BCUT2D eigenvalue weighted by Crippen LogP contribution is -2.36. The van der Waals surface area contributed by atoms with Gasteiger partial charge in [0.25, 0.3) is 0 Å². The molecule has 0 unspecified atom stereocenters. The molecule has 1 aliphatic carbocycles. The Morgan fingerprint density at radius 1 is 1.38 bits per heavy atom. The molecule has 0 radical (unpaired) electrons. The Hall–Kier alpha value is -2.35. The van der Waals surface area contributed by atoms with Crippen LogP contribution in [0.15, 0.2) is 24.3 Å². The van der Waals surface area contributed by atoms with E-state index in [4.69, 9.17) is 10.4 Å². The van der Waals surface area contributed by atoms with Gasteiger partial charge in [-0.15, -0.1) is 0 Å². The van der Waals surface area contributed by atoms with Gasteiger partial charge in [0.2, 0.25) is 5.91 Å². The lowest BCUT2D eigenvalue weighted by Gasteiger charge is -2.23. The number of hydrogen-bond donors (Lipinski definition) is 1. The zero-order valence-electron chi connectivity index (χ0n) is 12.0. The standard InChI is InChI=1S/C16H18N2O3/c1-18(10-12-5-2-4-11(8-12)9-17)15(19)13-6-3-7-14(13)16(20)21/h2,4-5,8,13-14H,3,6-7,10H2,1H3,(H,20,21)/t13-,14+/m1/s1. The van der Waals surface area contributed by atoms with Crippen molar-refractivity contribution in [3.8, 4) is 6.07 Å². The molecular weight excluding hydrogens is 268 g/mol. The van der Waals surface area contributed by atoms with E-state index in [1.54, 1.807) is 30.1 Å². The van der Waals surface area contributed by atoms with Gasteiger partial charge in [0.05, 0.1) is 23.5 Å². The monoisotopic (exact) mass is 286 g/mol. The summed E-state index contributed by atoms with van der Waals surface area (Å²) in [4.78, 5) is 25.1. The first-order valence-electron chi connectivity index (χ1n) is 6.99. The van der Waals surface area contributed by atoms with Crippen molar-refractivity contribution < 1.29 is 14.7 Å². The highest BCUT2D eigenvalue weighted by atomic mass is 16.4. The average Bonchev–Trinajstić information content (AvgIpc) is 2.96. The summed E-state index contributed by atoms with van der Waals surface area (Å²) >= 11 is 0. The van der Waals surface area contributed by atoms with E-state index in [1.807, 2.05) is 6.07 Å². The second kappa shape index (κ2) is 6.40. The van der Waals surface area contributed by atoms with Crippen molar-refractivity contribution in [1.82, 2.24) is 4.90 Å². The van der Waals surface area contributed by atoms with Crippen LogP contribution in [0.5, 0.6) is 0 Å². The molecule has 5 nitrogen and oxygen atoms in total. The third kappa shape index (κ3) is 3.40. The molecule has 1 N–H and O–H groups in total. The minimum atomic E-state index is -0.884. The van der Waals surface area contributed by atoms with E-state index in [1.165, 1.54) is 0 Å². The van der Waals surface area contributed by atoms with E-state index < -0.39 is 17.8 Å². The molecule has 0 heterocycles. The van der Waals surface area contributed by atoms with E-state index in [2.05, 4.69) is 6.07 Å². The normalized spacial score (nSPS) is 20.8. The zero-order chi connectivity index (χ0) is 15.4. The molecule has 0 aliphatic heterocycles. The van der Waals surface area contributed by atoms with E-state index in [0.29, 0.717) is 24.9 Å². The molecule has 0 saturated heterocycles. The van der Waals surface area contributed by atoms with Crippen molar-refractivity contribution in [1.29, 1.82) is 5.26 Å². The highest BCUT2D eigenvalue weighted by Crippen LogP contribution is 2.33. The fourth-order valence-electron chi connectivity index (χ4n) is 2.93. The Balaban J connectivity index is 2.05. The zero-order valence-corrected chi connectivity index (χ0v) is 12.0. The van der Waals surface area contributed by atoms with Gasteiger partial charge in [0.15, 0.2) is 0 Å². The first-order chi connectivity index (χ1) is 10.0. The number of carboxylic acids is 1. The van der Waals surface area contributed by atoms with Crippen LogP contribution in [0.4, 0.5) is 0 Å². The topological polar surface area (TPSA) is 81.4 Å². The molecular formula is C16H18N2O3. The minimum Gasteiger partial charge on any atom is -0.481 e. The summed E-state index contributed by atoms with van der Waals surface area (Å²) in [5.74, 6) is -2.00. The molecule has 5 heteroatoms. The first kappa shape index (κ1) is 15.0. The van der Waals surface area contributed by atoms with Gasteiger partial charge in [0, 0.05) is 13.6 Å². The van der Waals surface area contributed by atoms with Crippen LogP contribution >= 0.6 is 0 Å². The summed E-state index contributed by atoms with van der Waals surface area (Å²) in [5.41, 5.74) is 1.42. The predicted molar refractivity (Wildman–Crippen MR) is 76.1 cm³/mol. The van der Waals surface area contributed by atoms with Crippen molar-refractivity contribution in [3.05, 3.63) is 35.4 Å². The third-order valence-corrected chi connectivity index (χ3v) is 4.00. The number of carbonyl (C=O) groups excluding carboxylic acids is 1. The highest BCUT2D eigenvalue weighted by Gasteiger charge is 2.38. The fraction of sp³-hybridized carbons (Fsp3) is 0.438. The van der Waals surface area contributed by atoms with Gasteiger partial charge in [-0.1, -0.05) is 18.6 Å². The summed E-state index contributed by atoms with van der Waals surface area (Å²) in [5, 5.41) is 18.0. The van der Waals surface area contributed by atoms with Crippen molar-refractivity contribution in [3.63, 3.8) is 0 Å². The van der Waals surface area contributed by atoms with Crippen LogP contribution < -0.4 is 0 Å². The lowest BCUT2D eigenvalue weighted by molar-refractivity contribution is -0.148. The van der Waals surface area contributed by atoms with E-state index in [9.17, 15) is 9.59 Å². The molecule has 1 aliphatic rings. The molecule has 1 saturated carbocycles. The first-order valence-corrected chi connectivity index (χ1v) is 6.99. The number of carboxylic acid groups (broad SMARTS) is 1. The van der Waals surface area contributed by atoms with Gasteiger partial charge < -0.3 is 10.0 Å². The van der Waals surface area contributed by atoms with Crippen LogP contribution in [0, 0.1) is 23.2 Å². The van der Waals surface area contributed by atoms with Gasteiger partial charge in [0.1, 0.15) is 0 Å². The predicted octanol–water partition coefficient (Wildman–Crippen LogP) is 2.02. The quantitative estimate of drug-likeness (QED) is 0.918. The molecule has 1 amide bonds. The summed E-state index contributed by atoms with van der Waals surface area (Å²) < 4.78 is 0. The Bertz CT molecular complexity index is 591. The Morgan fingerprint density at radius 2 is 2.10 bits per heavy atom. The molecule has 1 aromatic carbocycles. The van der Waals surface area contributed by atoms with E-state index >= 15 is 0 Å². The maximum absolute atomic E-state index is 12.4. The van der Waals surface area contributed by atoms with E-state index in [0.717, 1.165) is 12.0 Å². The second-order valence-corrected chi connectivity index (χ2v) is 5.49. The molecule has 0 bridgehead atoms. The Morgan fingerprint density at radius 3 is 2.76 bits per heavy atom. The van der Waals surface area contributed by atoms with E-state index in [-0.39, 0.29) is 5.91 Å². The van der Waals surface area contributed by atoms with Gasteiger partial charge in [-0.25, -0.2) is 0 Å². The number of rotatable bonds is 4. The summed E-state index contributed by atoms with van der Waals surface area (Å²) in [6.07, 6.45) is 1.99. The van der Waals surface area contributed by atoms with Crippen LogP contribution in [0.25, 0.3) is 0 Å². The molecule has 2 atom stereocenters. The van der Waals surface area contributed by atoms with Gasteiger partial charge >= 0.3 is 5.97 Å². The molecule has 0 aromatic heterocycles. The number of aliphatic carboxylic acids is 1. The van der Waals surface area contributed by atoms with Crippen molar-refractivity contribution in [2.24, 2.45) is 11.8 Å². The molecule has 1 fully saturated rings. The van der Waals surface area contributed by atoms with Crippen LogP contribution in [0.3, 0.4) is 0 Å².